The fourth-order valence-corrected chi connectivity index (χ4v) is 15.3. The minimum Gasteiger partial charge on any atom is -0.423 e. The molecule has 0 saturated heterocycles. The van der Waals surface area contributed by atoms with Gasteiger partial charge in [0.15, 0.2) is 34.9 Å². The highest BCUT2D eigenvalue weighted by Gasteiger charge is 2.22. The molecule has 106 heavy (non-hydrogen) atoms. The third kappa shape index (κ3) is 12.2. The van der Waals surface area contributed by atoms with E-state index in [0.717, 1.165) is 82.0 Å². The lowest BCUT2D eigenvalue weighted by Gasteiger charge is -2.16. The lowest BCUT2D eigenvalue weighted by atomic mass is 9.80. The summed E-state index contributed by atoms with van der Waals surface area (Å²) in [5.74, 6) is 3.90. The fraction of sp³-hybridized carbons (Fsp3) is 0. The zero-order valence-corrected chi connectivity index (χ0v) is 58.7. The molecule has 2 N–H and O–H groups in total. The van der Waals surface area contributed by atoms with Gasteiger partial charge in [-0.1, -0.05) is 315 Å². The fourth-order valence-electron chi connectivity index (χ4n) is 14.6. The SMILES string of the molecule is Brc1c(-c2nc(-c3ccccc3)nc(-c3ccccc3)n2)ccc2ccccc12.OB(O)c1ccc(-n2c3ccccc3c3ccc4ccccc4c32)cc1.c1ccc(-c2nc(-c3ccccc3)nc(-c3ccc4ccccc4c3-c3ccc(-n4c5ccccc5c5ccc6ccccc6c54)cc3)n2)cc1. The van der Waals surface area contributed by atoms with E-state index >= 15 is 0 Å². The largest absolute Gasteiger partial charge is 0.488 e. The van der Waals surface area contributed by atoms with Crippen molar-refractivity contribution in [3.63, 3.8) is 0 Å². The van der Waals surface area contributed by atoms with Crippen molar-refractivity contribution in [1.29, 1.82) is 0 Å². The van der Waals surface area contributed by atoms with Crippen LogP contribution in [0, 0.1) is 0 Å². The van der Waals surface area contributed by atoms with E-state index in [1.165, 1.54) is 65.0 Å². The molecule has 0 bridgehead atoms. The summed E-state index contributed by atoms with van der Waals surface area (Å²) in [5.41, 5.74) is 15.2. The highest BCUT2D eigenvalue weighted by molar-refractivity contribution is 9.10. The van der Waals surface area contributed by atoms with Gasteiger partial charge in [-0.15, -0.1) is 0 Å². The van der Waals surface area contributed by atoms with Gasteiger partial charge in [-0.2, -0.15) is 0 Å². The van der Waals surface area contributed by atoms with E-state index in [1.54, 1.807) is 12.1 Å². The lowest BCUT2D eigenvalue weighted by molar-refractivity contribution is 0.426. The van der Waals surface area contributed by atoms with Crippen molar-refractivity contribution in [2.24, 2.45) is 0 Å². The molecule has 12 heteroatoms. The number of fused-ring (bicyclic) bond motifs is 12. The van der Waals surface area contributed by atoms with Crippen LogP contribution >= 0.6 is 15.9 Å². The molecule has 0 amide bonds. The summed E-state index contributed by atoms with van der Waals surface area (Å²) < 4.78 is 5.64. The van der Waals surface area contributed by atoms with E-state index in [0.29, 0.717) is 40.4 Å². The molecule has 0 spiro atoms. The number of halogens is 1. The Bertz CT molecular complexity index is 6560. The van der Waals surface area contributed by atoms with Gasteiger partial charge in [-0.25, -0.2) is 29.9 Å². The topological polar surface area (TPSA) is 128 Å². The van der Waals surface area contributed by atoms with Gasteiger partial charge in [0.05, 0.1) is 22.1 Å². The Morgan fingerprint density at radius 3 is 0.972 bits per heavy atom. The predicted molar refractivity (Wildman–Crippen MR) is 440 cm³/mol. The normalized spacial score (nSPS) is 11.3. The van der Waals surface area contributed by atoms with Gasteiger partial charge in [0, 0.05) is 87.1 Å². The van der Waals surface area contributed by atoms with E-state index < -0.39 is 7.12 Å². The van der Waals surface area contributed by atoms with Crippen molar-refractivity contribution in [3.05, 3.63) is 368 Å². The van der Waals surface area contributed by atoms with Crippen molar-refractivity contribution >= 4 is 115 Å². The van der Waals surface area contributed by atoms with Crippen LogP contribution in [0.1, 0.15) is 0 Å². The van der Waals surface area contributed by atoms with Crippen LogP contribution in [0.2, 0.25) is 0 Å². The number of para-hydroxylation sites is 2. The first-order valence-electron chi connectivity index (χ1n) is 35.2. The smallest absolute Gasteiger partial charge is 0.423 e. The second kappa shape index (κ2) is 28.1. The summed E-state index contributed by atoms with van der Waals surface area (Å²) in [4.78, 5) is 29.6. The maximum Gasteiger partial charge on any atom is 0.488 e. The molecule has 0 unspecified atom stereocenters. The second-order valence-corrected chi connectivity index (χ2v) is 26.8. The van der Waals surface area contributed by atoms with Gasteiger partial charge in [-0.3, -0.25) is 0 Å². The third-order valence-corrected chi connectivity index (χ3v) is 20.5. The van der Waals surface area contributed by atoms with Gasteiger partial charge in [0.1, 0.15) is 0 Å². The van der Waals surface area contributed by atoms with Crippen molar-refractivity contribution in [2.75, 3.05) is 0 Å². The van der Waals surface area contributed by atoms with Crippen LogP contribution in [0.3, 0.4) is 0 Å². The molecule has 0 atom stereocenters. The molecule has 20 rings (SSSR count). The highest BCUT2D eigenvalue weighted by Crippen LogP contribution is 2.43. The van der Waals surface area contributed by atoms with Gasteiger partial charge >= 0.3 is 7.12 Å². The minimum absolute atomic E-state index is 0.486. The Morgan fingerprint density at radius 2 is 0.547 bits per heavy atom. The van der Waals surface area contributed by atoms with E-state index in [9.17, 15) is 10.0 Å². The van der Waals surface area contributed by atoms with Crippen molar-refractivity contribution in [2.45, 2.75) is 0 Å². The summed E-state index contributed by atoms with van der Waals surface area (Å²) in [6.07, 6.45) is 0. The molecule has 0 aliphatic heterocycles. The van der Waals surface area contributed by atoms with Crippen LogP contribution in [0.15, 0.2) is 368 Å². The summed E-state index contributed by atoms with van der Waals surface area (Å²) in [6, 6.07) is 125. The first-order valence-corrected chi connectivity index (χ1v) is 36.0. The average molecular weight is 1430 g/mol. The predicted octanol–water partition coefficient (Wildman–Crippen LogP) is 22.3. The Balaban J connectivity index is 0.000000123. The molecule has 4 heterocycles. The van der Waals surface area contributed by atoms with Crippen LogP contribution in [0.25, 0.3) is 178 Å². The number of hydrogen-bond acceptors (Lipinski definition) is 8. The Morgan fingerprint density at radius 1 is 0.236 bits per heavy atom. The molecule has 500 valence electrons. The number of aromatic nitrogens is 8. The first-order chi connectivity index (χ1) is 52.3. The molecule has 0 aliphatic carbocycles. The summed E-state index contributed by atoms with van der Waals surface area (Å²) in [5, 5.41) is 33.2. The molecule has 0 aliphatic rings. The zero-order chi connectivity index (χ0) is 71.0. The van der Waals surface area contributed by atoms with Crippen molar-refractivity contribution < 1.29 is 10.0 Å². The monoisotopic (exact) mass is 1420 g/mol. The Hall–Kier alpha value is -13.4. The quantitative estimate of drug-likeness (QED) is 0.130. The van der Waals surface area contributed by atoms with Crippen molar-refractivity contribution in [1.82, 2.24) is 39.0 Å². The third-order valence-electron chi connectivity index (χ3n) is 19.7. The van der Waals surface area contributed by atoms with Crippen LogP contribution in [0.5, 0.6) is 0 Å². The molecule has 0 saturated carbocycles. The number of rotatable bonds is 10. The van der Waals surface area contributed by atoms with Gasteiger partial charge in [0.25, 0.3) is 0 Å². The number of benzene rings is 16. The standard InChI is InChI=1S/C47H30N4.C25H16BrN3.C22H16BNO2/c1-3-15-34(16-4-1)45-48-46(35-17-5-2-6-18-35)50-47(49-45)41-30-26-31-13-7-9-19-37(31)43(41)33-23-27-36(28-24-33)51-42-22-12-11-21-39(42)40-29-25-32-14-8-10-20-38(32)44(40)51;26-22-20-14-8-7-9-17(20)15-16-21(22)25-28-23(18-10-3-1-4-11-18)27-24(29-25)19-12-5-2-6-13-19;25-23(26)16-10-12-17(13-11-16)24-21-8-4-3-7-19(21)20-14-9-15-5-1-2-6-18(15)22(20)24/h1-30H;1-16H;1-14,25-26H. The zero-order valence-electron chi connectivity index (χ0n) is 57.1. The van der Waals surface area contributed by atoms with Crippen LogP contribution in [-0.4, -0.2) is 56.2 Å². The average Bonchev–Trinajstić information content (AvgIpc) is 1.57. The van der Waals surface area contributed by atoms with E-state index in [4.69, 9.17) is 29.9 Å². The van der Waals surface area contributed by atoms with Crippen molar-refractivity contribution in [3.8, 4) is 90.8 Å². The first kappa shape index (κ1) is 64.7. The van der Waals surface area contributed by atoms with E-state index in [-0.39, 0.29) is 0 Å². The molecular formula is C94H62BBrN8O2. The maximum absolute atomic E-state index is 9.38. The van der Waals surface area contributed by atoms with Crippen LogP contribution in [-0.2, 0) is 0 Å². The number of nitrogens with zero attached hydrogens (tertiary/aromatic N) is 8. The van der Waals surface area contributed by atoms with E-state index in [1.807, 2.05) is 152 Å². The summed E-state index contributed by atoms with van der Waals surface area (Å²) >= 11 is 3.78. The molecule has 0 fully saturated rings. The molecule has 16 aromatic carbocycles. The molecule has 10 nitrogen and oxygen atoms in total. The van der Waals surface area contributed by atoms with Crippen LogP contribution in [0.4, 0.5) is 0 Å². The highest BCUT2D eigenvalue weighted by atomic mass is 79.9. The Kier molecular flexibility index (Phi) is 17.2. The maximum atomic E-state index is 9.38. The molecule has 20 aromatic rings. The van der Waals surface area contributed by atoms with Crippen LogP contribution < -0.4 is 5.46 Å². The summed E-state index contributed by atoms with van der Waals surface area (Å²) in [6.45, 7) is 0. The van der Waals surface area contributed by atoms with E-state index in [2.05, 4.69) is 225 Å². The van der Waals surface area contributed by atoms with Gasteiger partial charge in [-0.05, 0) is 108 Å². The van der Waals surface area contributed by atoms with Gasteiger partial charge in [0.2, 0.25) is 0 Å². The second-order valence-electron chi connectivity index (χ2n) is 26.0. The number of hydrogen-bond donors (Lipinski definition) is 2. The minimum atomic E-state index is -1.46. The Labute approximate surface area is 619 Å². The molecule has 4 aromatic heterocycles. The lowest BCUT2D eigenvalue weighted by Crippen LogP contribution is -2.29. The summed E-state index contributed by atoms with van der Waals surface area (Å²) in [7, 11) is -1.46. The molecular weight excluding hydrogens is 1360 g/mol. The van der Waals surface area contributed by atoms with Gasteiger partial charge < -0.3 is 19.2 Å². The molecule has 0 radical (unpaired) electrons.